The molecule has 0 unspecified atom stereocenters. The number of aromatic nitrogens is 2. The molecule has 4 heteroatoms. The SMILES string of the molecule is CC(C)CNc1cc(=O)n2ccccc2n1. The first-order valence-corrected chi connectivity index (χ1v) is 5.39. The number of fused-ring (bicyclic) bond motifs is 1. The minimum absolute atomic E-state index is 0.0585. The van der Waals surface area contributed by atoms with Crippen LogP contribution in [0.3, 0.4) is 0 Å². The summed E-state index contributed by atoms with van der Waals surface area (Å²) in [4.78, 5) is 16.1. The molecule has 0 saturated carbocycles. The van der Waals surface area contributed by atoms with Crippen LogP contribution in [0.25, 0.3) is 5.65 Å². The second-order valence-electron chi connectivity index (χ2n) is 4.18. The Balaban J connectivity index is 2.38. The summed E-state index contributed by atoms with van der Waals surface area (Å²) in [6.07, 6.45) is 1.72. The Morgan fingerprint density at radius 3 is 3.00 bits per heavy atom. The summed E-state index contributed by atoms with van der Waals surface area (Å²) in [7, 11) is 0. The van der Waals surface area contributed by atoms with Crippen molar-refractivity contribution in [3.05, 3.63) is 40.8 Å². The smallest absolute Gasteiger partial charge is 0.259 e. The molecule has 1 N–H and O–H groups in total. The molecular formula is C12H15N3O. The van der Waals surface area contributed by atoms with Crippen LogP contribution < -0.4 is 10.9 Å². The third kappa shape index (κ3) is 2.21. The van der Waals surface area contributed by atoms with Crippen molar-refractivity contribution in [2.75, 3.05) is 11.9 Å². The van der Waals surface area contributed by atoms with Crippen LogP contribution in [0.1, 0.15) is 13.8 Å². The molecule has 0 fully saturated rings. The zero-order valence-electron chi connectivity index (χ0n) is 9.47. The van der Waals surface area contributed by atoms with Gasteiger partial charge in [-0.2, -0.15) is 0 Å². The van der Waals surface area contributed by atoms with Crippen LogP contribution in [0.2, 0.25) is 0 Å². The van der Waals surface area contributed by atoms with Gasteiger partial charge in [0, 0.05) is 18.8 Å². The van der Waals surface area contributed by atoms with E-state index >= 15 is 0 Å². The molecule has 2 aromatic heterocycles. The molecule has 2 heterocycles. The lowest BCUT2D eigenvalue weighted by Crippen LogP contribution is -2.17. The minimum atomic E-state index is -0.0585. The summed E-state index contributed by atoms with van der Waals surface area (Å²) in [5.41, 5.74) is 0.609. The summed E-state index contributed by atoms with van der Waals surface area (Å²) in [6.45, 7) is 5.04. The quantitative estimate of drug-likeness (QED) is 0.852. The molecule has 0 spiro atoms. The van der Waals surface area contributed by atoms with E-state index in [1.165, 1.54) is 10.5 Å². The Bertz CT molecular complexity index is 545. The maximum absolute atomic E-state index is 11.7. The Kier molecular flexibility index (Phi) is 2.90. The van der Waals surface area contributed by atoms with Gasteiger partial charge in [0.2, 0.25) is 0 Å². The summed E-state index contributed by atoms with van der Waals surface area (Å²) in [6, 6.07) is 7.03. The number of anilines is 1. The molecule has 0 aromatic carbocycles. The van der Waals surface area contributed by atoms with Gasteiger partial charge in [-0.15, -0.1) is 0 Å². The topological polar surface area (TPSA) is 46.4 Å². The van der Waals surface area contributed by atoms with Crippen molar-refractivity contribution in [3.8, 4) is 0 Å². The van der Waals surface area contributed by atoms with Crippen molar-refractivity contribution in [2.45, 2.75) is 13.8 Å². The van der Waals surface area contributed by atoms with Crippen LogP contribution in [0.15, 0.2) is 35.3 Å². The number of nitrogens with one attached hydrogen (secondary N) is 1. The molecule has 84 valence electrons. The maximum atomic E-state index is 11.7. The maximum Gasteiger partial charge on any atom is 0.259 e. The van der Waals surface area contributed by atoms with Gasteiger partial charge in [0.15, 0.2) is 0 Å². The number of pyridine rings is 1. The number of hydrogen-bond donors (Lipinski definition) is 1. The van der Waals surface area contributed by atoms with Gasteiger partial charge in [-0.3, -0.25) is 9.20 Å². The molecular weight excluding hydrogens is 202 g/mol. The fraction of sp³-hybridized carbons (Fsp3) is 0.333. The van der Waals surface area contributed by atoms with Crippen LogP contribution in [-0.4, -0.2) is 15.9 Å². The van der Waals surface area contributed by atoms with Crippen LogP contribution in [-0.2, 0) is 0 Å². The molecule has 0 amide bonds. The lowest BCUT2D eigenvalue weighted by Gasteiger charge is -2.08. The zero-order valence-corrected chi connectivity index (χ0v) is 9.47. The van der Waals surface area contributed by atoms with Crippen LogP contribution in [0.4, 0.5) is 5.82 Å². The van der Waals surface area contributed by atoms with E-state index in [1.807, 2.05) is 18.2 Å². The van der Waals surface area contributed by atoms with Gasteiger partial charge in [-0.25, -0.2) is 4.98 Å². The van der Waals surface area contributed by atoms with Crippen LogP contribution >= 0.6 is 0 Å². The van der Waals surface area contributed by atoms with Crippen LogP contribution in [0, 0.1) is 5.92 Å². The highest BCUT2D eigenvalue weighted by Crippen LogP contribution is 2.04. The molecule has 0 bridgehead atoms. The zero-order chi connectivity index (χ0) is 11.5. The van der Waals surface area contributed by atoms with E-state index in [-0.39, 0.29) is 5.56 Å². The summed E-state index contributed by atoms with van der Waals surface area (Å²) >= 11 is 0. The van der Waals surface area contributed by atoms with Crippen molar-refractivity contribution < 1.29 is 0 Å². The highest BCUT2D eigenvalue weighted by atomic mass is 16.1. The Labute approximate surface area is 94.0 Å². The van der Waals surface area contributed by atoms with Gasteiger partial charge in [0.05, 0.1) is 0 Å². The van der Waals surface area contributed by atoms with Gasteiger partial charge in [-0.05, 0) is 18.1 Å². The van der Waals surface area contributed by atoms with E-state index in [1.54, 1.807) is 6.20 Å². The normalized spacial score (nSPS) is 10.9. The van der Waals surface area contributed by atoms with E-state index < -0.39 is 0 Å². The van der Waals surface area contributed by atoms with Gasteiger partial charge in [0.25, 0.3) is 5.56 Å². The Morgan fingerprint density at radius 2 is 2.25 bits per heavy atom. The minimum Gasteiger partial charge on any atom is -0.370 e. The third-order valence-corrected chi connectivity index (χ3v) is 2.26. The summed E-state index contributed by atoms with van der Waals surface area (Å²) in [5.74, 6) is 1.17. The number of nitrogens with zero attached hydrogens (tertiary/aromatic N) is 2. The van der Waals surface area contributed by atoms with E-state index in [9.17, 15) is 4.79 Å². The van der Waals surface area contributed by atoms with Crippen molar-refractivity contribution in [1.29, 1.82) is 0 Å². The highest BCUT2D eigenvalue weighted by molar-refractivity contribution is 5.46. The third-order valence-electron chi connectivity index (χ3n) is 2.26. The predicted octanol–water partition coefficient (Wildman–Crippen LogP) is 1.76. The molecule has 0 radical (unpaired) electrons. The number of hydrogen-bond acceptors (Lipinski definition) is 3. The first-order valence-electron chi connectivity index (χ1n) is 5.39. The van der Waals surface area contributed by atoms with E-state index in [0.29, 0.717) is 17.4 Å². The molecule has 4 nitrogen and oxygen atoms in total. The summed E-state index contributed by atoms with van der Waals surface area (Å²) < 4.78 is 1.53. The Morgan fingerprint density at radius 1 is 1.44 bits per heavy atom. The summed E-state index contributed by atoms with van der Waals surface area (Å²) in [5, 5.41) is 3.15. The van der Waals surface area contributed by atoms with Gasteiger partial charge in [-0.1, -0.05) is 19.9 Å². The fourth-order valence-electron chi connectivity index (χ4n) is 1.45. The predicted molar refractivity (Wildman–Crippen MR) is 64.8 cm³/mol. The second kappa shape index (κ2) is 4.35. The lowest BCUT2D eigenvalue weighted by atomic mass is 10.2. The first kappa shape index (κ1) is 10.7. The first-order chi connectivity index (χ1) is 7.66. The molecule has 0 aliphatic carbocycles. The molecule has 0 aliphatic heterocycles. The van der Waals surface area contributed by atoms with Gasteiger partial charge < -0.3 is 5.32 Å². The average molecular weight is 217 g/mol. The Hall–Kier alpha value is -1.84. The van der Waals surface area contributed by atoms with Crippen LogP contribution in [0.5, 0.6) is 0 Å². The molecule has 16 heavy (non-hydrogen) atoms. The van der Waals surface area contributed by atoms with E-state index in [4.69, 9.17) is 0 Å². The molecule has 0 atom stereocenters. The molecule has 0 saturated heterocycles. The second-order valence-corrected chi connectivity index (χ2v) is 4.18. The monoisotopic (exact) mass is 217 g/mol. The van der Waals surface area contributed by atoms with Crippen molar-refractivity contribution in [2.24, 2.45) is 5.92 Å². The van der Waals surface area contributed by atoms with Gasteiger partial charge in [0.1, 0.15) is 11.5 Å². The standard InChI is InChI=1S/C12H15N3O/c1-9(2)8-13-10-7-12(16)15-6-4-3-5-11(15)14-10/h3-7,9,13H,8H2,1-2H3. The van der Waals surface area contributed by atoms with Gasteiger partial charge >= 0.3 is 0 Å². The molecule has 2 aromatic rings. The van der Waals surface area contributed by atoms with Crippen molar-refractivity contribution in [1.82, 2.24) is 9.38 Å². The van der Waals surface area contributed by atoms with E-state index in [0.717, 1.165) is 6.54 Å². The fourth-order valence-corrected chi connectivity index (χ4v) is 1.45. The molecule has 0 aliphatic rings. The lowest BCUT2D eigenvalue weighted by molar-refractivity contribution is 0.687. The van der Waals surface area contributed by atoms with E-state index in [2.05, 4.69) is 24.1 Å². The highest BCUT2D eigenvalue weighted by Gasteiger charge is 2.01. The number of rotatable bonds is 3. The molecule has 2 rings (SSSR count). The van der Waals surface area contributed by atoms with Crippen molar-refractivity contribution in [3.63, 3.8) is 0 Å². The largest absolute Gasteiger partial charge is 0.370 e. The average Bonchev–Trinajstić information content (AvgIpc) is 2.26. The van der Waals surface area contributed by atoms with Crippen molar-refractivity contribution >= 4 is 11.5 Å².